The van der Waals surface area contributed by atoms with E-state index in [9.17, 15) is 4.79 Å². The van der Waals surface area contributed by atoms with Crippen LogP contribution in [0, 0.1) is 19.8 Å². The molecule has 0 spiro atoms. The first-order chi connectivity index (χ1) is 13.5. The summed E-state index contributed by atoms with van der Waals surface area (Å²) in [6.45, 7) is 8.17. The van der Waals surface area contributed by atoms with E-state index in [2.05, 4.69) is 52.2 Å². The zero-order valence-corrected chi connectivity index (χ0v) is 17.4. The molecule has 5 nitrogen and oxygen atoms in total. The zero-order valence-electron chi connectivity index (χ0n) is 17.4. The first-order valence-corrected chi connectivity index (χ1v) is 10.6. The molecule has 0 aliphatic carbocycles. The molecule has 5 heteroatoms. The Hall–Kier alpha value is -2.14. The van der Waals surface area contributed by atoms with E-state index >= 15 is 0 Å². The van der Waals surface area contributed by atoms with Crippen molar-refractivity contribution in [2.24, 2.45) is 13.0 Å². The summed E-state index contributed by atoms with van der Waals surface area (Å²) in [5.74, 6) is 0.923. The average Bonchev–Trinajstić information content (AvgIpc) is 2.86. The molecule has 0 N–H and O–H groups in total. The Morgan fingerprint density at radius 3 is 2.61 bits per heavy atom. The number of nitrogens with zero attached hydrogens (tertiary/aromatic N) is 4. The summed E-state index contributed by atoms with van der Waals surface area (Å²) in [6, 6.07) is 11.1. The third-order valence-electron chi connectivity index (χ3n) is 6.61. The minimum atomic E-state index is 0.318. The average molecular weight is 381 g/mol. The highest BCUT2D eigenvalue weighted by molar-refractivity contribution is 5.77. The molecule has 3 saturated heterocycles. The third-order valence-corrected chi connectivity index (χ3v) is 6.61. The van der Waals surface area contributed by atoms with Gasteiger partial charge in [0.15, 0.2) is 0 Å². The van der Waals surface area contributed by atoms with Crippen LogP contribution in [-0.4, -0.2) is 51.2 Å². The summed E-state index contributed by atoms with van der Waals surface area (Å²) in [7, 11) is 1.97. The Labute approximate surface area is 168 Å². The lowest BCUT2D eigenvalue weighted by atomic mass is 9.94. The number of hydrogen-bond donors (Lipinski definition) is 0. The molecule has 5 rings (SSSR count). The number of hydrogen-bond acceptors (Lipinski definition) is 3. The number of aromatic nitrogens is 2. The Bertz CT molecular complexity index is 829. The predicted molar refractivity (Wildman–Crippen MR) is 111 cm³/mol. The van der Waals surface area contributed by atoms with E-state index in [0.29, 0.717) is 24.3 Å². The van der Waals surface area contributed by atoms with Crippen LogP contribution in [0.4, 0.5) is 0 Å². The van der Waals surface area contributed by atoms with Crippen LogP contribution in [0.5, 0.6) is 0 Å². The van der Waals surface area contributed by atoms with E-state index in [0.717, 1.165) is 44.7 Å². The summed E-state index contributed by atoms with van der Waals surface area (Å²) in [5, 5.41) is 4.49. The number of benzene rings is 1. The second-order valence-corrected chi connectivity index (χ2v) is 8.60. The molecule has 150 valence electrons. The Balaban J connectivity index is 1.39. The summed E-state index contributed by atoms with van der Waals surface area (Å²) in [4.78, 5) is 17.8. The first-order valence-electron chi connectivity index (χ1n) is 10.6. The molecule has 4 heterocycles. The second kappa shape index (κ2) is 8.08. The lowest BCUT2D eigenvalue weighted by Gasteiger charge is -2.36. The van der Waals surface area contributed by atoms with E-state index in [-0.39, 0.29) is 0 Å². The Kier molecular flexibility index (Phi) is 5.54. The van der Waals surface area contributed by atoms with Gasteiger partial charge in [0.05, 0.1) is 5.69 Å². The van der Waals surface area contributed by atoms with Crippen LogP contribution in [0.3, 0.4) is 0 Å². The van der Waals surface area contributed by atoms with E-state index in [1.165, 1.54) is 23.2 Å². The molecular formula is C23H32N4O. The minimum Gasteiger partial charge on any atom is -0.338 e. The molecule has 3 aliphatic rings. The summed E-state index contributed by atoms with van der Waals surface area (Å²) in [5.41, 5.74) is 4.83. The quantitative estimate of drug-likeness (QED) is 0.800. The van der Waals surface area contributed by atoms with Gasteiger partial charge in [-0.3, -0.25) is 14.4 Å². The molecule has 2 atom stereocenters. The van der Waals surface area contributed by atoms with Crippen LogP contribution in [0.25, 0.3) is 0 Å². The topological polar surface area (TPSA) is 41.4 Å². The van der Waals surface area contributed by atoms with Gasteiger partial charge < -0.3 is 4.90 Å². The van der Waals surface area contributed by atoms with Gasteiger partial charge >= 0.3 is 0 Å². The Morgan fingerprint density at radius 1 is 1.11 bits per heavy atom. The predicted octanol–water partition coefficient (Wildman–Crippen LogP) is 3.09. The molecule has 2 aromatic rings. The number of carbonyl (C=O) groups excluding carboxylic acids is 1. The molecule has 1 amide bonds. The monoisotopic (exact) mass is 380 g/mol. The van der Waals surface area contributed by atoms with Gasteiger partial charge in [0, 0.05) is 51.4 Å². The van der Waals surface area contributed by atoms with Crippen molar-refractivity contribution < 1.29 is 4.79 Å². The number of rotatable bonds is 5. The van der Waals surface area contributed by atoms with Crippen molar-refractivity contribution in [2.45, 2.75) is 52.1 Å². The van der Waals surface area contributed by atoms with E-state index < -0.39 is 0 Å². The second-order valence-electron chi connectivity index (χ2n) is 8.60. The number of piperidine rings is 1. The maximum Gasteiger partial charge on any atom is 0.223 e. The number of amides is 1. The van der Waals surface area contributed by atoms with Crippen LogP contribution < -0.4 is 0 Å². The number of fused-ring (bicyclic) bond motifs is 4. The van der Waals surface area contributed by atoms with Gasteiger partial charge in [-0.15, -0.1) is 0 Å². The fourth-order valence-corrected chi connectivity index (χ4v) is 5.01. The van der Waals surface area contributed by atoms with Crippen molar-refractivity contribution in [3.05, 3.63) is 52.8 Å². The third kappa shape index (κ3) is 4.00. The zero-order chi connectivity index (χ0) is 19.7. The fourth-order valence-electron chi connectivity index (χ4n) is 5.01. The van der Waals surface area contributed by atoms with Gasteiger partial charge in [-0.25, -0.2) is 0 Å². The number of carbonyl (C=O) groups is 1. The molecule has 28 heavy (non-hydrogen) atoms. The standard InChI is InChI=1S/C23H32N4O/c1-17-22(18(2)25(3)24-17)11-12-23(28)27-15-20-9-10-21(27)16-26(14-20)13-19-7-5-4-6-8-19/h4-8,20-21H,9-16H2,1-3H3/t20-,21+/m0/s1. The van der Waals surface area contributed by atoms with E-state index in [1.807, 2.05) is 18.7 Å². The molecule has 3 fully saturated rings. The molecular weight excluding hydrogens is 348 g/mol. The lowest BCUT2D eigenvalue weighted by Crippen LogP contribution is -2.47. The van der Waals surface area contributed by atoms with Crippen LogP contribution >= 0.6 is 0 Å². The van der Waals surface area contributed by atoms with Gasteiger partial charge in [-0.2, -0.15) is 5.10 Å². The van der Waals surface area contributed by atoms with Crippen LogP contribution in [0.15, 0.2) is 30.3 Å². The molecule has 2 bridgehead atoms. The van der Waals surface area contributed by atoms with E-state index in [4.69, 9.17) is 0 Å². The van der Waals surface area contributed by atoms with Crippen molar-refractivity contribution in [3.8, 4) is 0 Å². The normalized spacial score (nSPS) is 22.5. The lowest BCUT2D eigenvalue weighted by molar-refractivity contribution is -0.135. The first kappa shape index (κ1) is 19.2. The van der Waals surface area contributed by atoms with Crippen molar-refractivity contribution in [1.29, 1.82) is 0 Å². The van der Waals surface area contributed by atoms with Crippen LogP contribution in [-0.2, 0) is 24.8 Å². The molecule has 1 aromatic carbocycles. The van der Waals surface area contributed by atoms with Crippen LogP contribution in [0.2, 0.25) is 0 Å². The summed E-state index contributed by atoms with van der Waals surface area (Å²) >= 11 is 0. The van der Waals surface area contributed by atoms with Gasteiger partial charge in [0.25, 0.3) is 0 Å². The largest absolute Gasteiger partial charge is 0.338 e. The van der Waals surface area contributed by atoms with E-state index in [1.54, 1.807) is 0 Å². The van der Waals surface area contributed by atoms with Gasteiger partial charge in [-0.1, -0.05) is 30.3 Å². The van der Waals surface area contributed by atoms with Crippen LogP contribution in [0.1, 0.15) is 41.8 Å². The van der Waals surface area contributed by atoms with Crippen molar-refractivity contribution in [1.82, 2.24) is 19.6 Å². The summed E-state index contributed by atoms with van der Waals surface area (Å²) in [6.07, 6.45) is 3.79. The summed E-state index contributed by atoms with van der Waals surface area (Å²) < 4.78 is 1.92. The molecule has 0 saturated carbocycles. The maximum absolute atomic E-state index is 13.1. The van der Waals surface area contributed by atoms with Gasteiger partial charge in [0.2, 0.25) is 5.91 Å². The minimum absolute atomic E-state index is 0.318. The molecule has 0 unspecified atom stereocenters. The highest BCUT2D eigenvalue weighted by atomic mass is 16.2. The maximum atomic E-state index is 13.1. The Morgan fingerprint density at radius 2 is 1.89 bits per heavy atom. The molecule has 3 aliphatic heterocycles. The molecule has 0 radical (unpaired) electrons. The number of aryl methyl sites for hydroxylation is 2. The van der Waals surface area contributed by atoms with Crippen molar-refractivity contribution in [2.75, 3.05) is 19.6 Å². The highest BCUT2D eigenvalue weighted by Crippen LogP contribution is 2.29. The molecule has 1 aromatic heterocycles. The highest BCUT2D eigenvalue weighted by Gasteiger charge is 2.36. The SMILES string of the molecule is Cc1nn(C)c(C)c1CCC(=O)N1C[C@H]2CC[C@@H]1CN(Cc1ccccc1)C2. The van der Waals surface area contributed by atoms with Crippen molar-refractivity contribution >= 4 is 5.91 Å². The van der Waals surface area contributed by atoms with Crippen molar-refractivity contribution in [3.63, 3.8) is 0 Å². The fraction of sp³-hybridized carbons (Fsp3) is 0.565. The van der Waals surface area contributed by atoms with Gasteiger partial charge in [-0.05, 0) is 50.2 Å². The van der Waals surface area contributed by atoms with Gasteiger partial charge in [0.1, 0.15) is 0 Å². The smallest absolute Gasteiger partial charge is 0.223 e.